The molecule has 0 radical (unpaired) electrons. The van der Waals surface area contributed by atoms with Crippen LogP contribution in [0.15, 0.2) is 10.7 Å². The van der Waals surface area contributed by atoms with Gasteiger partial charge in [0.2, 0.25) is 0 Å². The van der Waals surface area contributed by atoms with Gasteiger partial charge in [0.25, 0.3) is 0 Å². The highest BCUT2D eigenvalue weighted by Gasteiger charge is 2.22. The van der Waals surface area contributed by atoms with Crippen LogP contribution < -0.4 is 5.73 Å². The molecule has 0 aliphatic carbocycles. The summed E-state index contributed by atoms with van der Waals surface area (Å²) in [6.45, 7) is 2.27. The second-order valence-electron chi connectivity index (χ2n) is 3.63. The molecule has 0 saturated carbocycles. The molecule has 2 heterocycles. The summed E-state index contributed by atoms with van der Waals surface area (Å²) < 4.78 is 10.7. The maximum Gasteiger partial charge on any atom is 0.199 e. The Bertz CT molecular complexity index is 279. The number of ether oxygens (including phenoxy) is 1. The van der Waals surface area contributed by atoms with Crippen molar-refractivity contribution in [3.8, 4) is 0 Å². The van der Waals surface area contributed by atoms with Crippen molar-refractivity contribution in [1.29, 1.82) is 0 Å². The van der Waals surface area contributed by atoms with Crippen LogP contribution >= 0.6 is 0 Å². The molecular formula is C10H16N2O2. The van der Waals surface area contributed by atoms with Gasteiger partial charge in [-0.25, -0.2) is 4.98 Å². The third kappa shape index (κ3) is 2.13. The van der Waals surface area contributed by atoms with Crippen molar-refractivity contribution in [2.24, 2.45) is 5.73 Å². The Hall–Kier alpha value is -0.870. The predicted octanol–water partition coefficient (Wildman–Crippen LogP) is 1.07. The molecule has 2 rings (SSSR count). The highest BCUT2D eigenvalue weighted by atomic mass is 16.5. The lowest BCUT2D eigenvalue weighted by atomic mass is 10.1. The smallest absolute Gasteiger partial charge is 0.199 e. The Labute approximate surface area is 83.4 Å². The molecule has 1 aliphatic rings. The quantitative estimate of drug-likeness (QED) is 0.782. The molecule has 1 aliphatic heterocycles. The van der Waals surface area contributed by atoms with E-state index in [4.69, 9.17) is 14.9 Å². The monoisotopic (exact) mass is 196 g/mol. The first kappa shape index (κ1) is 9.68. The van der Waals surface area contributed by atoms with Crippen molar-refractivity contribution < 1.29 is 9.15 Å². The van der Waals surface area contributed by atoms with Crippen LogP contribution in [0.2, 0.25) is 0 Å². The summed E-state index contributed by atoms with van der Waals surface area (Å²) >= 11 is 0. The largest absolute Gasteiger partial charge is 0.448 e. The first-order chi connectivity index (χ1) is 6.90. The third-order valence-corrected chi connectivity index (χ3v) is 2.49. The van der Waals surface area contributed by atoms with E-state index in [1.54, 1.807) is 6.26 Å². The minimum Gasteiger partial charge on any atom is -0.448 e. The maximum absolute atomic E-state index is 5.43. The summed E-state index contributed by atoms with van der Waals surface area (Å²) in [6, 6.07) is 0. The first-order valence-corrected chi connectivity index (χ1v) is 5.12. The number of aryl methyl sites for hydroxylation is 1. The molecule has 1 unspecified atom stereocenters. The summed E-state index contributed by atoms with van der Waals surface area (Å²) in [5.74, 6) is 1.19. The molecule has 1 aromatic heterocycles. The van der Waals surface area contributed by atoms with E-state index in [2.05, 4.69) is 4.98 Å². The zero-order valence-electron chi connectivity index (χ0n) is 8.24. The maximum atomic E-state index is 5.43. The van der Waals surface area contributed by atoms with Crippen LogP contribution in [0, 0.1) is 0 Å². The first-order valence-electron chi connectivity index (χ1n) is 5.12. The van der Waals surface area contributed by atoms with E-state index in [1.807, 2.05) is 0 Å². The van der Waals surface area contributed by atoms with Crippen molar-refractivity contribution in [3.63, 3.8) is 0 Å². The Morgan fingerprint density at radius 3 is 3.21 bits per heavy atom. The van der Waals surface area contributed by atoms with E-state index in [0.717, 1.165) is 44.1 Å². The van der Waals surface area contributed by atoms with Gasteiger partial charge in [-0.05, 0) is 25.8 Å². The van der Waals surface area contributed by atoms with Gasteiger partial charge in [0.1, 0.15) is 6.26 Å². The summed E-state index contributed by atoms with van der Waals surface area (Å²) in [6.07, 6.45) is 4.64. The van der Waals surface area contributed by atoms with Gasteiger partial charge in [-0.1, -0.05) is 0 Å². The third-order valence-electron chi connectivity index (χ3n) is 2.49. The molecule has 0 bridgehead atoms. The van der Waals surface area contributed by atoms with Crippen LogP contribution in [0.4, 0.5) is 0 Å². The van der Waals surface area contributed by atoms with E-state index >= 15 is 0 Å². The van der Waals surface area contributed by atoms with E-state index in [9.17, 15) is 0 Å². The molecule has 78 valence electrons. The Morgan fingerprint density at radius 2 is 2.50 bits per heavy atom. The topological polar surface area (TPSA) is 61.3 Å². The highest BCUT2D eigenvalue weighted by molar-refractivity contribution is 5.02. The minimum absolute atomic E-state index is 0.363. The van der Waals surface area contributed by atoms with E-state index in [0.29, 0.717) is 12.5 Å². The lowest BCUT2D eigenvalue weighted by Gasteiger charge is -1.99. The fourth-order valence-electron chi connectivity index (χ4n) is 1.64. The highest BCUT2D eigenvalue weighted by Crippen LogP contribution is 2.24. The number of hydrogen-bond donors (Lipinski definition) is 1. The number of nitrogens with zero attached hydrogens (tertiary/aromatic N) is 1. The fourth-order valence-corrected chi connectivity index (χ4v) is 1.64. The Balaban J connectivity index is 1.94. The SMILES string of the molecule is NCCCc1coc(C2CCOC2)n1. The number of hydrogen-bond acceptors (Lipinski definition) is 4. The molecule has 1 aromatic rings. The molecular weight excluding hydrogens is 180 g/mol. The van der Waals surface area contributed by atoms with E-state index in [1.165, 1.54) is 0 Å². The second-order valence-corrected chi connectivity index (χ2v) is 3.63. The molecule has 0 spiro atoms. The van der Waals surface area contributed by atoms with Crippen LogP contribution in [-0.4, -0.2) is 24.7 Å². The number of nitrogens with two attached hydrogens (primary N) is 1. The average Bonchev–Trinajstić information content (AvgIpc) is 2.85. The summed E-state index contributed by atoms with van der Waals surface area (Å²) in [4.78, 5) is 4.43. The number of oxazole rings is 1. The molecule has 1 atom stereocenters. The van der Waals surface area contributed by atoms with Crippen molar-refractivity contribution in [1.82, 2.24) is 4.98 Å². The molecule has 2 N–H and O–H groups in total. The second kappa shape index (κ2) is 4.57. The van der Waals surface area contributed by atoms with Crippen molar-refractivity contribution in [3.05, 3.63) is 17.8 Å². The molecule has 1 fully saturated rings. The lowest BCUT2D eigenvalue weighted by molar-refractivity contribution is 0.190. The van der Waals surface area contributed by atoms with Crippen LogP contribution in [0.3, 0.4) is 0 Å². The van der Waals surface area contributed by atoms with Crippen molar-refractivity contribution in [2.45, 2.75) is 25.2 Å². The van der Waals surface area contributed by atoms with Gasteiger partial charge >= 0.3 is 0 Å². The zero-order valence-corrected chi connectivity index (χ0v) is 8.24. The van der Waals surface area contributed by atoms with Gasteiger partial charge in [0.15, 0.2) is 5.89 Å². The molecule has 4 heteroatoms. The van der Waals surface area contributed by atoms with E-state index < -0.39 is 0 Å². The van der Waals surface area contributed by atoms with Gasteiger partial charge in [-0.3, -0.25) is 0 Å². The lowest BCUT2D eigenvalue weighted by Crippen LogP contribution is -2.01. The molecule has 0 amide bonds. The molecule has 0 aromatic carbocycles. The van der Waals surface area contributed by atoms with E-state index in [-0.39, 0.29) is 0 Å². The van der Waals surface area contributed by atoms with Crippen molar-refractivity contribution >= 4 is 0 Å². The van der Waals surface area contributed by atoms with Gasteiger partial charge in [-0.2, -0.15) is 0 Å². The van der Waals surface area contributed by atoms with Gasteiger partial charge in [-0.15, -0.1) is 0 Å². The molecule has 14 heavy (non-hydrogen) atoms. The summed E-state index contributed by atoms with van der Waals surface area (Å²) in [7, 11) is 0. The average molecular weight is 196 g/mol. The standard InChI is InChI=1S/C10H16N2O2/c11-4-1-2-9-7-14-10(12-9)8-3-5-13-6-8/h7-8H,1-6,11H2. The number of aromatic nitrogens is 1. The Kier molecular flexibility index (Phi) is 3.16. The van der Waals surface area contributed by atoms with Crippen LogP contribution in [0.5, 0.6) is 0 Å². The van der Waals surface area contributed by atoms with Gasteiger partial charge in [0.05, 0.1) is 18.2 Å². The summed E-state index contributed by atoms with van der Waals surface area (Å²) in [5.41, 5.74) is 6.44. The predicted molar refractivity (Wildman–Crippen MR) is 52.1 cm³/mol. The number of rotatable bonds is 4. The zero-order chi connectivity index (χ0) is 9.80. The van der Waals surface area contributed by atoms with Gasteiger partial charge < -0.3 is 14.9 Å². The van der Waals surface area contributed by atoms with Crippen LogP contribution in [-0.2, 0) is 11.2 Å². The molecule has 1 saturated heterocycles. The van der Waals surface area contributed by atoms with Crippen molar-refractivity contribution in [2.75, 3.05) is 19.8 Å². The normalized spacial score (nSPS) is 21.6. The summed E-state index contributed by atoms with van der Waals surface area (Å²) in [5, 5.41) is 0. The fraction of sp³-hybridized carbons (Fsp3) is 0.700. The van der Waals surface area contributed by atoms with Gasteiger partial charge in [0, 0.05) is 6.61 Å². The van der Waals surface area contributed by atoms with Crippen LogP contribution in [0.25, 0.3) is 0 Å². The molecule has 4 nitrogen and oxygen atoms in total. The minimum atomic E-state index is 0.363. The van der Waals surface area contributed by atoms with Crippen LogP contribution in [0.1, 0.15) is 30.3 Å². The Morgan fingerprint density at radius 1 is 1.57 bits per heavy atom.